The Morgan fingerprint density at radius 2 is 1.93 bits per heavy atom. The van der Waals surface area contributed by atoms with Crippen LogP contribution in [0.25, 0.3) is 0 Å². The number of Topliss-reactive ketones (excluding diaryl/α,β-unsaturated/α-hetero) is 1. The Morgan fingerprint density at radius 3 is 2.48 bits per heavy atom. The number of hydrogen-bond donors (Lipinski definition) is 1. The third-order valence-corrected chi connectivity index (χ3v) is 4.80. The number of rotatable bonds is 4. The van der Waals surface area contributed by atoms with Gasteiger partial charge < -0.3 is 19.7 Å². The van der Waals surface area contributed by atoms with Gasteiger partial charge in [0.15, 0.2) is 0 Å². The van der Waals surface area contributed by atoms with Crippen molar-refractivity contribution >= 4 is 23.8 Å². The van der Waals surface area contributed by atoms with Gasteiger partial charge in [-0.05, 0) is 40.5 Å². The fourth-order valence-electron chi connectivity index (χ4n) is 3.44. The summed E-state index contributed by atoms with van der Waals surface area (Å²) in [6.45, 7) is 7.78. The zero-order valence-corrected chi connectivity index (χ0v) is 16.6. The smallest absolute Gasteiger partial charge is 0.410 e. The minimum atomic E-state index is -0.660. The van der Waals surface area contributed by atoms with Crippen molar-refractivity contribution in [1.29, 1.82) is 0 Å². The van der Waals surface area contributed by atoms with Gasteiger partial charge in [-0.1, -0.05) is 0 Å². The summed E-state index contributed by atoms with van der Waals surface area (Å²) in [6, 6.07) is -0.425. The number of nitrogens with one attached hydrogen (secondary N) is 1. The standard InChI is InChI=1S/C19H30N2O6/c1-5-26-17(24)14-11-21(18(25)27-19(2,3)4)9-8-15(14)20-16(23)12-6-7-13(22)10-12/h12,14-15H,5-11H2,1-4H3,(H,20,23)/t12?,14-,15+/m1/s1. The Morgan fingerprint density at radius 1 is 1.22 bits per heavy atom. The average molecular weight is 382 g/mol. The van der Waals surface area contributed by atoms with E-state index in [-0.39, 0.29) is 37.2 Å². The number of likely N-dealkylation sites (tertiary alicyclic amines) is 1. The van der Waals surface area contributed by atoms with Crippen LogP contribution in [0.5, 0.6) is 0 Å². The van der Waals surface area contributed by atoms with Gasteiger partial charge in [-0.25, -0.2) is 4.79 Å². The van der Waals surface area contributed by atoms with Crippen molar-refractivity contribution < 1.29 is 28.7 Å². The van der Waals surface area contributed by atoms with Gasteiger partial charge in [-0.3, -0.25) is 14.4 Å². The van der Waals surface area contributed by atoms with Crippen molar-refractivity contribution in [3.05, 3.63) is 0 Å². The molecule has 27 heavy (non-hydrogen) atoms. The minimum absolute atomic E-state index is 0.0943. The van der Waals surface area contributed by atoms with E-state index >= 15 is 0 Å². The maximum Gasteiger partial charge on any atom is 0.410 e. The maximum absolute atomic E-state index is 12.5. The molecule has 1 saturated carbocycles. The summed E-state index contributed by atoms with van der Waals surface area (Å²) in [4.78, 5) is 50.1. The second-order valence-corrected chi connectivity index (χ2v) is 8.17. The molecule has 0 aromatic rings. The van der Waals surface area contributed by atoms with Gasteiger partial charge in [-0.15, -0.1) is 0 Å². The largest absolute Gasteiger partial charge is 0.466 e. The Kier molecular flexibility index (Phi) is 6.84. The number of carbonyl (C=O) groups excluding carboxylic acids is 4. The molecule has 2 fully saturated rings. The molecule has 0 bridgehead atoms. The molecule has 3 atom stereocenters. The molecule has 8 nitrogen and oxygen atoms in total. The number of ketones is 1. The fourth-order valence-corrected chi connectivity index (χ4v) is 3.44. The zero-order chi connectivity index (χ0) is 20.2. The molecule has 2 aliphatic rings. The van der Waals surface area contributed by atoms with E-state index in [9.17, 15) is 19.2 Å². The van der Waals surface area contributed by atoms with Crippen LogP contribution in [0.2, 0.25) is 0 Å². The number of carbonyl (C=O) groups is 4. The van der Waals surface area contributed by atoms with E-state index < -0.39 is 29.6 Å². The van der Waals surface area contributed by atoms with E-state index in [1.165, 1.54) is 4.90 Å². The van der Waals surface area contributed by atoms with E-state index in [4.69, 9.17) is 9.47 Å². The molecule has 1 aliphatic carbocycles. The van der Waals surface area contributed by atoms with Gasteiger partial charge in [0.25, 0.3) is 0 Å². The van der Waals surface area contributed by atoms with E-state index in [2.05, 4.69) is 5.32 Å². The van der Waals surface area contributed by atoms with Crippen LogP contribution in [0, 0.1) is 11.8 Å². The first-order valence-electron chi connectivity index (χ1n) is 9.57. The molecule has 2 amide bonds. The topological polar surface area (TPSA) is 102 Å². The van der Waals surface area contributed by atoms with Crippen LogP contribution < -0.4 is 5.32 Å². The predicted molar refractivity (Wildman–Crippen MR) is 96.8 cm³/mol. The zero-order valence-electron chi connectivity index (χ0n) is 16.6. The monoisotopic (exact) mass is 382 g/mol. The van der Waals surface area contributed by atoms with E-state index in [1.807, 2.05) is 0 Å². The molecule has 8 heteroatoms. The highest BCUT2D eigenvalue weighted by Gasteiger charge is 2.40. The summed E-state index contributed by atoms with van der Waals surface area (Å²) in [6.07, 6.45) is 1.17. The molecule has 152 valence electrons. The molecule has 0 aromatic heterocycles. The highest BCUT2D eigenvalue weighted by Crippen LogP contribution is 2.25. The average Bonchev–Trinajstić information content (AvgIpc) is 3.00. The normalized spacial score (nSPS) is 25.9. The van der Waals surface area contributed by atoms with Gasteiger partial charge in [-0.2, -0.15) is 0 Å². The van der Waals surface area contributed by atoms with Crippen LogP contribution in [-0.2, 0) is 23.9 Å². The summed E-state index contributed by atoms with van der Waals surface area (Å²) in [5.74, 6) is -1.54. The van der Waals surface area contributed by atoms with Gasteiger partial charge in [0.2, 0.25) is 5.91 Å². The first kappa shape index (κ1) is 21.2. The Hall–Kier alpha value is -2.12. The molecule has 0 radical (unpaired) electrons. The van der Waals surface area contributed by atoms with Crippen molar-refractivity contribution in [3.8, 4) is 0 Å². The second-order valence-electron chi connectivity index (χ2n) is 8.17. The summed E-state index contributed by atoms with van der Waals surface area (Å²) < 4.78 is 10.5. The molecule has 1 saturated heterocycles. The number of nitrogens with zero attached hydrogens (tertiary/aromatic N) is 1. The lowest BCUT2D eigenvalue weighted by atomic mass is 9.91. The molecular weight excluding hydrogens is 352 g/mol. The summed E-state index contributed by atoms with van der Waals surface area (Å²) in [7, 11) is 0. The quantitative estimate of drug-likeness (QED) is 0.742. The minimum Gasteiger partial charge on any atom is -0.466 e. The first-order chi connectivity index (χ1) is 12.6. The second kappa shape index (κ2) is 8.71. The van der Waals surface area contributed by atoms with Crippen LogP contribution in [0.1, 0.15) is 53.4 Å². The third-order valence-electron chi connectivity index (χ3n) is 4.80. The predicted octanol–water partition coefficient (Wildman–Crippen LogP) is 1.66. The summed E-state index contributed by atoms with van der Waals surface area (Å²) in [5.41, 5.74) is -0.628. The maximum atomic E-state index is 12.5. The molecule has 1 N–H and O–H groups in total. The van der Waals surface area contributed by atoms with Crippen LogP contribution in [0.15, 0.2) is 0 Å². The fraction of sp³-hybridized carbons (Fsp3) is 0.789. The van der Waals surface area contributed by atoms with Gasteiger partial charge in [0.05, 0.1) is 12.5 Å². The molecule has 1 unspecified atom stereocenters. The van der Waals surface area contributed by atoms with E-state index in [0.717, 1.165) is 0 Å². The van der Waals surface area contributed by atoms with Crippen molar-refractivity contribution in [2.45, 2.75) is 65.0 Å². The van der Waals surface area contributed by atoms with Crippen molar-refractivity contribution in [2.75, 3.05) is 19.7 Å². The van der Waals surface area contributed by atoms with Crippen LogP contribution in [0.3, 0.4) is 0 Å². The first-order valence-corrected chi connectivity index (χ1v) is 9.57. The molecule has 1 heterocycles. The number of ether oxygens (including phenoxy) is 2. The Labute approximate surface area is 159 Å². The molecule has 0 aromatic carbocycles. The van der Waals surface area contributed by atoms with Gasteiger partial charge in [0.1, 0.15) is 11.4 Å². The molecule has 1 aliphatic heterocycles. The molecular formula is C19H30N2O6. The lowest BCUT2D eigenvalue weighted by Gasteiger charge is -2.38. The van der Waals surface area contributed by atoms with Crippen molar-refractivity contribution in [3.63, 3.8) is 0 Å². The molecule has 2 rings (SSSR count). The lowest BCUT2D eigenvalue weighted by Crippen LogP contribution is -2.56. The summed E-state index contributed by atoms with van der Waals surface area (Å²) >= 11 is 0. The van der Waals surface area contributed by atoms with Gasteiger partial charge in [0, 0.05) is 37.9 Å². The Bertz CT molecular complexity index is 597. The molecule has 0 spiro atoms. The van der Waals surface area contributed by atoms with Gasteiger partial charge >= 0.3 is 12.1 Å². The van der Waals surface area contributed by atoms with E-state index in [0.29, 0.717) is 25.8 Å². The van der Waals surface area contributed by atoms with Crippen molar-refractivity contribution in [1.82, 2.24) is 10.2 Å². The highest BCUT2D eigenvalue weighted by molar-refractivity contribution is 5.90. The number of hydrogen-bond acceptors (Lipinski definition) is 6. The Balaban J connectivity index is 2.04. The van der Waals surface area contributed by atoms with E-state index in [1.54, 1.807) is 27.7 Å². The highest BCUT2D eigenvalue weighted by atomic mass is 16.6. The third kappa shape index (κ3) is 5.94. The van der Waals surface area contributed by atoms with Crippen molar-refractivity contribution in [2.24, 2.45) is 11.8 Å². The number of amides is 2. The summed E-state index contributed by atoms with van der Waals surface area (Å²) in [5, 5.41) is 2.91. The lowest BCUT2D eigenvalue weighted by molar-refractivity contribution is -0.151. The van der Waals surface area contributed by atoms with Crippen LogP contribution in [0.4, 0.5) is 4.79 Å². The van der Waals surface area contributed by atoms with Crippen LogP contribution >= 0.6 is 0 Å². The number of piperidine rings is 1. The SMILES string of the molecule is CCOC(=O)[C@@H]1CN(C(=O)OC(C)(C)C)CC[C@@H]1NC(=O)C1CCC(=O)C1. The van der Waals surface area contributed by atoms with Crippen LogP contribution in [-0.4, -0.2) is 60.0 Å². The number of esters is 1.